The van der Waals surface area contributed by atoms with Crippen molar-refractivity contribution in [2.45, 2.75) is 32.7 Å². The molecule has 0 aromatic heterocycles. The van der Waals surface area contributed by atoms with Gasteiger partial charge in [-0.15, -0.1) is 0 Å². The van der Waals surface area contributed by atoms with Crippen molar-refractivity contribution in [1.29, 1.82) is 0 Å². The van der Waals surface area contributed by atoms with Crippen LogP contribution in [0.3, 0.4) is 0 Å². The van der Waals surface area contributed by atoms with Crippen LogP contribution in [0.5, 0.6) is 0 Å². The van der Waals surface area contributed by atoms with E-state index in [1.807, 2.05) is 13.0 Å². The number of nitrogens with one attached hydrogen (secondary N) is 1. The number of halogens is 1. The maximum atomic E-state index is 13.4. The lowest BCUT2D eigenvalue weighted by Crippen LogP contribution is -2.35. The molecule has 1 aromatic rings. The molecule has 0 bridgehead atoms. The SMILES string of the molecule is CC(Cc1ccccc1F)NC(=O)C1CC1C. The van der Waals surface area contributed by atoms with Crippen molar-refractivity contribution in [3.05, 3.63) is 35.6 Å². The Morgan fingerprint density at radius 1 is 1.53 bits per heavy atom. The highest BCUT2D eigenvalue weighted by atomic mass is 19.1. The zero-order valence-electron chi connectivity index (χ0n) is 10.2. The van der Waals surface area contributed by atoms with Crippen molar-refractivity contribution in [2.24, 2.45) is 11.8 Å². The third-order valence-electron chi connectivity index (χ3n) is 3.32. The highest BCUT2D eigenvalue weighted by molar-refractivity contribution is 5.81. The predicted molar refractivity (Wildman–Crippen MR) is 65.0 cm³/mol. The molecule has 1 aliphatic rings. The van der Waals surface area contributed by atoms with E-state index in [-0.39, 0.29) is 23.7 Å². The molecule has 0 saturated heterocycles. The first-order valence-corrected chi connectivity index (χ1v) is 6.11. The summed E-state index contributed by atoms with van der Waals surface area (Å²) in [7, 11) is 0. The highest BCUT2D eigenvalue weighted by Crippen LogP contribution is 2.37. The lowest BCUT2D eigenvalue weighted by atomic mass is 10.1. The molecule has 1 N–H and O–H groups in total. The topological polar surface area (TPSA) is 29.1 Å². The van der Waals surface area contributed by atoms with E-state index >= 15 is 0 Å². The molecule has 1 amide bonds. The summed E-state index contributed by atoms with van der Waals surface area (Å²) in [6.45, 7) is 3.99. The average Bonchev–Trinajstić information content (AvgIpc) is 2.99. The number of carbonyl (C=O) groups is 1. The van der Waals surface area contributed by atoms with Crippen molar-refractivity contribution in [3.63, 3.8) is 0 Å². The summed E-state index contributed by atoms with van der Waals surface area (Å²) in [6.07, 6.45) is 1.53. The molecule has 2 nitrogen and oxygen atoms in total. The fourth-order valence-corrected chi connectivity index (χ4v) is 2.08. The first-order valence-electron chi connectivity index (χ1n) is 6.11. The Morgan fingerprint density at radius 2 is 2.18 bits per heavy atom. The van der Waals surface area contributed by atoms with Crippen LogP contribution in [0.2, 0.25) is 0 Å². The molecular weight excluding hydrogens is 217 g/mol. The van der Waals surface area contributed by atoms with Gasteiger partial charge in [-0.3, -0.25) is 4.79 Å². The Hall–Kier alpha value is -1.38. The monoisotopic (exact) mass is 235 g/mol. The second-order valence-corrected chi connectivity index (χ2v) is 5.02. The zero-order chi connectivity index (χ0) is 12.4. The number of hydrogen-bond acceptors (Lipinski definition) is 1. The molecule has 1 saturated carbocycles. The zero-order valence-corrected chi connectivity index (χ0v) is 10.2. The fraction of sp³-hybridized carbons (Fsp3) is 0.500. The molecule has 92 valence electrons. The molecule has 3 heteroatoms. The molecular formula is C14H18FNO. The smallest absolute Gasteiger partial charge is 0.223 e. The summed E-state index contributed by atoms with van der Waals surface area (Å²) in [5, 5.41) is 2.94. The number of amides is 1. The van der Waals surface area contributed by atoms with Crippen LogP contribution in [0.25, 0.3) is 0 Å². The molecule has 0 radical (unpaired) electrons. The van der Waals surface area contributed by atoms with Gasteiger partial charge in [0.15, 0.2) is 0 Å². The van der Waals surface area contributed by atoms with Crippen LogP contribution in [-0.2, 0) is 11.2 Å². The first kappa shape index (κ1) is 12.1. The maximum absolute atomic E-state index is 13.4. The molecule has 0 aliphatic heterocycles. The molecule has 2 rings (SSSR count). The van der Waals surface area contributed by atoms with E-state index in [0.29, 0.717) is 17.9 Å². The van der Waals surface area contributed by atoms with Crippen LogP contribution in [0.4, 0.5) is 4.39 Å². The predicted octanol–water partition coefficient (Wildman–Crippen LogP) is 2.53. The third kappa shape index (κ3) is 3.05. The molecule has 1 aliphatic carbocycles. The molecule has 17 heavy (non-hydrogen) atoms. The van der Waals surface area contributed by atoms with E-state index < -0.39 is 0 Å². The molecule has 1 aromatic carbocycles. The second kappa shape index (κ2) is 4.86. The molecule has 0 spiro atoms. The largest absolute Gasteiger partial charge is 0.353 e. The van der Waals surface area contributed by atoms with Crippen molar-refractivity contribution in [1.82, 2.24) is 5.32 Å². The van der Waals surface area contributed by atoms with E-state index in [1.165, 1.54) is 6.07 Å². The summed E-state index contributed by atoms with van der Waals surface area (Å²) in [6, 6.07) is 6.68. The number of benzene rings is 1. The highest BCUT2D eigenvalue weighted by Gasteiger charge is 2.39. The minimum absolute atomic E-state index is 0.0211. The number of carbonyl (C=O) groups excluding carboxylic acids is 1. The van der Waals surface area contributed by atoms with Crippen molar-refractivity contribution in [2.75, 3.05) is 0 Å². The van der Waals surface area contributed by atoms with E-state index in [2.05, 4.69) is 12.2 Å². The van der Waals surface area contributed by atoms with Crippen LogP contribution in [0.1, 0.15) is 25.8 Å². The van der Waals surface area contributed by atoms with E-state index in [1.54, 1.807) is 12.1 Å². The normalized spacial score (nSPS) is 24.2. The van der Waals surface area contributed by atoms with Crippen LogP contribution in [0.15, 0.2) is 24.3 Å². The molecule has 3 unspecified atom stereocenters. The van der Waals surface area contributed by atoms with Gasteiger partial charge in [-0.2, -0.15) is 0 Å². The summed E-state index contributed by atoms with van der Waals surface area (Å²) < 4.78 is 13.4. The summed E-state index contributed by atoms with van der Waals surface area (Å²) in [4.78, 5) is 11.7. The van der Waals surface area contributed by atoms with Crippen molar-refractivity contribution < 1.29 is 9.18 Å². The fourth-order valence-electron chi connectivity index (χ4n) is 2.08. The van der Waals surface area contributed by atoms with E-state index in [4.69, 9.17) is 0 Å². The second-order valence-electron chi connectivity index (χ2n) is 5.02. The summed E-state index contributed by atoms with van der Waals surface area (Å²) >= 11 is 0. The van der Waals surface area contributed by atoms with Crippen LogP contribution in [-0.4, -0.2) is 11.9 Å². The average molecular weight is 235 g/mol. The quantitative estimate of drug-likeness (QED) is 0.853. The standard InChI is InChI=1S/C14H18FNO/c1-9-7-12(9)14(17)16-10(2)8-11-5-3-4-6-13(11)15/h3-6,9-10,12H,7-8H2,1-2H3,(H,16,17). The van der Waals surface area contributed by atoms with Gasteiger partial charge in [0.25, 0.3) is 0 Å². The van der Waals surface area contributed by atoms with Gasteiger partial charge in [0.05, 0.1) is 0 Å². The third-order valence-corrected chi connectivity index (χ3v) is 3.32. The van der Waals surface area contributed by atoms with Gasteiger partial charge in [0, 0.05) is 12.0 Å². The van der Waals surface area contributed by atoms with Gasteiger partial charge in [-0.05, 0) is 37.3 Å². The van der Waals surface area contributed by atoms with E-state index in [0.717, 1.165) is 6.42 Å². The summed E-state index contributed by atoms with van der Waals surface area (Å²) in [5.74, 6) is 0.600. The Bertz CT molecular complexity index is 418. The van der Waals surface area contributed by atoms with E-state index in [9.17, 15) is 9.18 Å². The maximum Gasteiger partial charge on any atom is 0.223 e. The van der Waals surface area contributed by atoms with Crippen LogP contribution < -0.4 is 5.32 Å². The van der Waals surface area contributed by atoms with Gasteiger partial charge >= 0.3 is 0 Å². The Morgan fingerprint density at radius 3 is 2.76 bits per heavy atom. The minimum Gasteiger partial charge on any atom is -0.353 e. The lowest BCUT2D eigenvalue weighted by molar-refractivity contribution is -0.123. The van der Waals surface area contributed by atoms with Gasteiger partial charge in [0.1, 0.15) is 5.82 Å². The number of rotatable bonds is 4. The molecule has 3 atom stereocenters. The van der Waals surface area contributed by atoms with Gasteiger partial charge in [-0.25, -0.2) is 4.39 Å². The Labute approximate surface area is 101 Å². The van der Waals surface area contributed by atoms with Gasteiger partial charge < -0.3 is 5.32 Å². The lowest BCUT2D eigenvalue weighted by Gasteiger charge is -2.14. The van der Waals surface area contributed by atoms with Crippen LogP contribution in [0, 0.1) is 17.7 Å². The molecule has 1 fully saturated rings. The van der Waals surface area contributed by atoms with Gasteiger partial charge in [0.2, 0.25) is 5.91 Å². The Balaban J connectivity index is 1.87. The first-order chi connectivity index (χ1) is 8.08. The van der Waals surface area contributed by atoms with Crippen LogP contribution >= 0.6 is 0 Å². The molecule has 0 heterocycles. The number of hydrogen-bond donors (Lipinski definition) is 1. The van der Waals surface area contributed by atoms with Crippen molar-refractivity contribution in [3.8, 4) is 0 Å². The minimum atomic E-state index is -0.201. The van der Waals surface area contributed by atoms with Crippen molar-refractivity contribution >= 4 is 5.91 Å². The van der Waals surface area contributed by atoms with Gasteiger partial charge in [-0.1, -0.05) is 25.1 Å². The summed E-state index contributed by atoms with van der Waals surface area (Å²) in [5.41, 5.74) is 0.657. The Kier molecular flexibility index (Phi) is 3.46.